The van der Waals surface area contributed by atoms with Gasteiger partial charge in [0.25, 0.3) is 5.91 Å². The molecule has 0 spiro atoms. The van der Waals surface area contributed by atoms with Crippen LogP contribution in [0.3, 0.4) is 0 Å². The quantitative estimate of drug-likeness (QED) is 0.528. The second-order valence-corrected chi connectivity index (χ2v) is 6.88. The van der Waals surface area contributed by atoms with Gasteiger partial charge in [0.05, 0.1) is 5.69 Å². The van der Waals surface area contributed by atoms with Gasteiger partial charge in [0, 0.05) is 16.4 Å². The zero-order valence-electron chi connectivity index (χ0n) is 14.4. The van der Waals surface area contributed by atoms with Crippen LogP contribution in [0.5, 0.6) is 0 Å². The molecule has 2 N–H and O–H groups in total. The Morgan fingerprint density at radius 3 is 2.44 bits per heavy atom. The summed E-state index contributed by atoms with van der Waals surface area (Å²) < 4.78 is 0.866. The van der Waals surface area contributed by atoms with Gasteiger partial charge < -0.3 is 10.6 Å². The standard InChI is InChI=1S/C20H20BrN3O/c1-13(2)15-5-7-17(8-6-15)24-20(25)16(11-22)12-23-19-9-4-14(3)10-18(19)21/h4-10,12-13,23H,1-3H3,(H,24,25)/b16-12-. The highest BCUT2D eigenvalue weighted by Crippen LogP contribution is 2.23. The van der Waals surface area contributed by atoms with Gasteiger partial charge in [-0.3, -0.25) is 4.79 Å². The fraction of sp³-hybridized carbons (Fsp3) is 0.200. The summed E-state index contributed by atoms with van der Waals surface area (Å²) in [7, 11) is 0. The Morgan fingerprint density at radius 2 is 1.88 bits per heavy atom. The number of hydrogen-bond acceptors (Lipinski definition) is 3. The number of nitrogens with zero attached hydrogens (tertiary/aromatic N) is 1. The first-order chi connectivity index (χ1) is 11.9. The second-order valence-electron chi connectivity index (χ2n) is 6.03. The van der Waals surface area contributed by atoms with E-state index in [1.165, 1.54) is 11.8 Å². The predicted octanol–water partition coefficient (Wildman–Crippen LogP) is 5.34. The first-order valence-corrected chi connectivity index (χ1v) is 8.74. The number of halogens is 1. The van der Waals surface area contributed by atoms with Crippen molar-refractivity contribution in [2.45, 2.75) is 26.7 Å². The maximum absolute atomic E-state index is 12.3. The Hall–Kier alpha value is -2.58. The molecule has 1 amide bonds. The molecule has 0 heterocycles. The van der Waals surface area contributed by atoms with Crippen molar-refractivity contribution in [1.82, 2.24) is 0 Å². The first-order valence-electron chi connectivity index (χ1n) is 7.95. The Bertz CT molecular complexity index is 833. The number of amides is 1. The topological polar surface area (TPSA) is 64.9 Å². The molecule has 0 aliphatic carbocycles. The smallest absolute Gasteiger partial charge is 0.267 e. The third-order valence-corrected chi connectivity index (χ3v) is 4.35. The highest BCUT2D eigenvalue weighted by atomic mass is 79.9. The van der Waals surface area contributed by atoms with Crippen LogP contribution in [0.15, 0.2) is 58.7 Å². The van der Waals surface area contributed by atoms with Gasteiger partial charge in [-0.25, -0.2) is 0 Å². The monoisotopic (exact) mass is 397 g/mol. The van der Waals surface area contributed by atoms with E-state index in [2.05, 4.69) is 40.4 Å². The molecule has 2 aromatic carbocycles. The molecule has 0 radical (unpaired) electrons. The number of benzene rings is 2. The summed E-state index contributed by atoms with van der Waals surface area (Å²) in [5, 5.41) is 15.0. The fourth-order valence-electron chi connectivity index (χ4n) is 2.19. The number of carbonyl (C=O) groups is 1. The lowest BCUT2D eigenvalue weighted by atomic mass is 10.0. The minimum Gasteiger partial charge on any atom is -0.359 e. The number of anilines is 2. The molecule has 0 fully saturated rings. The van der Waals surface area contributed by atoms with Crippen molar-refractivity contribution in [3.8, 4) is 6.07 Å². The van der Waals surface area contributed by atoms with Crippen LogP contribution in [0.25, 0.3) is 0 Å². The lowest BCUT2D eigenvalue weighted by Crippen LogP contribution is -2.14. The lowest BCUT2D eigenvalue weighted by Gasteiger charge is -2.09. The minimum atomic E-state index is -0.449. The van der Waals surface area contributed by atoms with E-state index < -0.39 is 5.91 Å². The summed E-state index contributed by atoms with van der Waals surface area (Å²) in [6.07, 6.45) is 1.41. The van der Waals surface area contributed by atoms with Crippen molar-refractivity contribution < 1.29 is 4.79 Å². The summed E-state index contributed by atoms with van der Waals surface area (Å²) in [6, 6.07) is 15.3. The van der Waals surface area contributed by atoms with Crippen LogP contribution in [-0.4, -0.2) is 5.91 Å². The third kappa shape index (κ3) is 5.20. The Labute approximate surface area is 156 Å². The maximum Gasteiger partial charge on any atom is 0.267 e. The zero-order valence-corrected chi connectivity index (χ0v) is 16.0. The summed E-state index contributed by atoms with van der Waals surface area (Å²) in [4.78, 5) is 12.3. The molecular formula is C20H20BrN3O. The summed E-state index contributed by atoms with van der Waals surface area (Å²) in [6.45, 7) is 6.21. The van der Waals surface area contributed by atoms with Crippen LogP contribution in [0.2, 0.25) is 0 Å². The third-order valence-electron chi connectivity index (χ3n) is 3.70. The van der Waals surface area contributed by atoms with Crippen LogP contribution in [0.1, 0.15) is 30.9 Å². The first kappa shape index (κ1) is 18.8. The van der Waals surface area contributed by atoms with Gasteiger partial charge in [-0.05, 0) is 64.2 Å². The van der Waals surface area contributed by atoms with Crippen molar-refractivity contribution in [3.05, 3.63) is 69.8 Å². The molecule has 4 nitrogen and oxygen atoms in total. The van der Waals surface area contributed by atoms with Gasteiger partial charge >= 0.3 is 0 Å². The van der Waals surface area contributed by atoms with Crippen molar-refractivity contribution in [3.63, 3.8) is 0 Å². The molecule has 0 aliphatic rings. The van der Waals surface area contributed by atoms with Crippen LogP contribution in [-0.2, 0) is 4.79 Å². The van der Waals surface area contributed by atoms with Crippen LogP contribution in [0, 0.1) is 18.3 Å². The van der Waals surface area contributed by atoms with Gasteiger partial charge in [-0.2, -0.15) is 5.26 Å². The summed E-state index contributed by atoms with van der Waals surface area (Å²) >= 11 is 3.45. The number of carbonyl (C=O) groups excluding carboxylic acids is 1. The SMILES string of the molecule is Cc1ccc(N/C=C(/C#N)C(=O)Nc2ccc(C(C)C)cc2)c(Br)c1. The molecule has 5 heteroatoms. The van der Waals surface area contributed by atoms with E-state index in [9.17, 15) is 10.1 Å². The van der Waals surface area contributed by atoms with Crippen molar-refractivity contribution >= 4 is 33.2 Å². The van der Waals surface area contributed by atoms with Crippen molar-refractivity contribution in [2.24, 2.45) is 0 Å². The molecular weight excluding hydrogens is 378 g/mol. The van der Waals surface area contributed by atoms with Gasteiger partial charge in [0.15, 0.2) is 0 Å². The molecule has 0 saturated heterocycles. The molecule has 0 saturated carbocycles. The summed E-state index contributed by atoms with van der Waals surface area (Å²) in [5.41, 5.74) is 3.75. The Balaban J connectivity index is 2.08. The van der Waals surface area contributed by atoms with E-state index in [0.29, 0.717) is 11.6 Å². The van der Waals surface area contributed by atoms with E-state index in [1.807, 2.05) is 55.5 Å². The normalized spacial score (nSPS) is 11.1. The van der Waals surface area contributed by atoms with E-state index >= 15 is 0 Å². The van der Waals surface area contributed by atoms with E-state index in [4.69, 9.17) is 0 Å². The lowest BCUT2D eigenvalue weighted by molar-refractivity contribution is -0.112. The molecule has 0 aromatic heterocycles. The average Bonchev–Trinajstić information content (AvgIpc) is 2.57. The number of hydrogen-bond donors (Lipinski definition) is 2. The van der Waals surface area contributed by atoms with E-state index in [-0.39, 0.29) is 5.57 Å². The molecule has 0 atom stereocenters. The van der Waals surface area contributed by atoms with Crippen molar-refractivity contribution in [1.29, 1.82) is 5.26 Å². The number of nitriles is 1. The fourth-order valence-corrected chi connectivity index (χ4v) is 2.79. The van der Waals surface area contributed by atoms with Gasteiger partial charge in [0.1, 0.15) is 11.6 Å². The molecule has 2 rings (SSSR count). The number of rotatable bonds is 5. The maximum atomic E-state index is 12.3. The largest absolute Gasteiger partial charge is 0.359 e. The van der Waals surface area contributed by atoms with Gasteiger partial charge in [-0.15, -0.1) is 0 Å². The summed E-state index contributed by atoms with van der Waals surface area (Å²) in [5.74, 6) is -0.0213. The zero-order chi connectivity index (χ0) is 18.4. The average molecular weight is 398 g/mol. The Kier molecular flexibility index (Phi) is 6.37. The molecule has 2 aromatic rings. The highest BCUT2D eigenvalue weighted by molar-refractivity contribution is 9.10. The van der Waals surface area contributed by atoms with Gasteiger partial charge in [-0.1, -0.05) is 32.0 Å². The molecule has 0 bridgehead atoms. The predicted molar refractivity (Wildman–Crippen MR) is 105 cm³/mol. The van der Waals surface area contributed by atoms with E-state index in [0.717, 1.165) is 15.7 Å². The van der Waals surface area contributed by atoms with Crippen LogP contribution in [0.4, 0.5) is 11.4 Å². The number of aryl methyl sites for hydroxylation is 1. The van der Waals surface area contributed by atoms with E-state index in [1.54, 1.807) is 0 Å². The van der Waals surface area contributed by atoms with Gasteiger partial charge in [0.2, 0.25) is 0 Å². The molecule has 0 aliphatic heterocycles. The van der Waals surface area contributed by atoms with Crippen molar-refractivity contribution in [2.75, 3.05) is 10.6 Å². The second kappa shape index (κ2) is 8.50. The Morgan fingerprint density at radius 1 is 1.20 bits per heavy atom. The number of nitrogens with one attached hydrogen (secondary N) is 2. The molecule has 0 unspecified atom stereocenters. The molecule has 128 valence electrons. The minimum absolute atomic E-state index is 0.000381. The van der Waals surface area contributed by atoms with Crippen LogP contribution >= 0.6 is 15.9 Å². The molecule has 25 heavy (non-hydrogen) atoms. The van der Waals surface area contributed by atoms with Crippen LogP contribution < -0.4 is 10.6 Å². The highest BCUT2D eigenvalue weighted by Gasteiger charge is 2.10.